The van der Waals surface area contributed by atoms with Crippen LogP contribution in [0, 0.1) is 0 Å². The normalized spacial score (nSPS) is 39.2. The summed E-state index contributed by atoms with van der Waals surface area (Å²) in [6, 6.07) is 9.90. The van der Waals surface area contributed by atoms with Crippen molar-refractivity contribution in [2.45, 2.75) is 30.6 Å². The van der Waals surface area contributed by atoms with E-state index in [-0.39, 0.29) is 24.5 Å². The Morgan fingerprint density at radius 3 is 2.55 bits per heavy atom. The molecule has 3 aliphatic heterocycles. The van der Waals surface area contributed by atoms with Crippen LogP contribution in [0.5, 0.6) is 0 Å². The summed E-state index contributed by atoms with van der Waals surface area (Å²) in [6.07, 6.45) is -1.10. The summed E-state index contributed by atoms with van der Waals surface area (Å²) < 4.78 is 11.5. The van der Waals surface area contributed by atoms with Crippen LogP contribution in [0.1, 0.15) is 0 Å². The lowest BCUT2D eigenvalue weighted by atomic mass is 9.95. The van der Waals surface area contributed by atoms with Crippen molar-refractivity contribution in [2.75, 3.05) is 37.7 Å². The fourth-order valence-electron chi connectivity index (χ4n) is 3.74. The molecule has 0 aliphatic carbocycles. The van der Waals surface area contributed by atoms with Crippen molar-refractivity contribution in [3.05, 3.63) is 30.3 Å². The number of nitrogens with zero attached hydrogens (tertiary/aromatic N) is 2. The number of fused-ring (bicyclic) bond motifs is 2. The maximum Gasteiger partial charge on any atom is 0.176 e. The van der Waals surface area contributed by atoms with E-state index < -0.39 is 6.10 Å². The molecule has 1 aromatic rings. The molecule has 4 rings (SSSR count). The predicted molar refractivity (Wildman–Crippen MR) is 82.6 cm³/mol. The first-order valence-corrected chi connectivity index (χ1v) is 7.99. The SMILES string of the molecule is N[C@H]1[C@H](O)[C@@H](N2CCN(c3ccccc3)CC2)[C@@H]2OC[C@H]1O2. The van der Waals surface area contributed by atoms with Gasteiger partial charge < -0.3 is 25.2 Å². The minimum absolute atomic E-state index is 0.160. The Labute approximate surface area is 130 Å². The second-order valence-corrected chi connectivity index (χ2v) is 6.29. The highest BCUT2D eigenvalue weighted by molar-refractivity contribution is 5.46. The monoisotopic (exact) mass is 305 g/mol. The molecule has 2 bridgehead atoms. The Balaban J connectivity index is 1.43. The number of aliphatic hydroxyl groups is 1. The average Bonchev–Trinajstić information content (AvgIpc) is 3.01. The molecule has 0 unspecified atom stereocenters. The summed E-state index contributed by atoms with van der Waals surface area (Å²) in [5, 5.41) is 10.5. The minimum atomic E-state index is -0.588. The van der Waals surface area contributed by atoms with Crippen LogP contribution in [-0.4, -0.2) is 73.4 Å². The van der Waals surface area contributed by atoms with E-state index in [0.717, 1.165) is 26.2 Å². The third-order valence-electron chi connectivity index (χ3n) is 5.04. The summed E-state index contributed by atoms with van der Waals surface area (Å²) in [6.45, 7) is 4.09. The van der Waals surface area contributed by atoms with Crippen LogP contribution >= 0.6 is 0 Å². The zero-order valence-corrected chi connectivity index (χ0v) is 12.5. The molecule has 3 aliphatic rings. The molecule has 5 atom stereocenters. The lowest BCUT2D eigenvalue weighted by Gasteiger charge is -2.46. The molecular weight excluding hydrogens is 282 g/mol. The van der Waals surface area contributed by atoms with Crippen molar-refractivity contribution >= 4 is 5.69 Å². The molecular formula is C16H23N3O3. The summed E-state index contributed by atoms with van der Waals surface area (Å²) in [5.74, 6) is 0. The van der Waals surface area contributed by atoms with Gasteiger partial charge in [-0.25, -0.2) is 0 Å². The van der Waals surface area contributed by atoms with Gasteiger partial charge in [0.25, 0.3) is 0 Å². The third-order valence-corrected chi connectivity index (χ3v) is 5.04. The van der Waals surface area contributed by atoms with Crippen LogP contribution in [0.15, 0.2) is 30.3 Å². The molecule has 22 heavy (non-hydrogen) atoms. The number of aliphatic hydroxyl groups excluding tert-OH is 1. The number of ether oxygens (including phenoxy) is 2. The van der Waals surface area contributed by atoms with Gasteiger partial charge in [-0.1, -0.05) is 18.2 Å². The largest absolute Gasteiger partial charge is 0.390 e. The molecule has 0 spiro atoms. The van der Waals surface area contributed by atoms with Gasteiger partial charge in [0.05, 0.1) is 24.8 Å². The zero-order valence-electron chi connectivity index (χ0n) is 12.5. The summed E-state index contributed by atoms with van der Waals surface area (Å²) >= 11 is 0. The fourth-order valence-corrected chi connectivity index (χ4v) is 3.74. The van der Waals surface area contributed by atoms with E-state index in [0.29, 0.717) is 6.61 Å². The molecule has 0 aromatic heterocycles. The summed E-state index contributed by atoms with van der Waals surface area (Å²) in [5.41, 5.74) is 7.33. The first-order valence-electron chi connectivity index (χ1n) is 7.99. The van der Waals surface area contributed by atoms with E-state index >= 15 is 0 Å². The van der Waals surface area contributed by atoms with E-state index in [9.17, 15) is 5.11 Å². The molecule has 0 radical (unpaired) electrons. The Bertz CT molecular complexity index is 507. The topological polar surface area (TPSA) is 71.2 Å². The third kappa shape index (κ3) is 2.41. The number of benzene rings is 1. The highest BCUT2D eigenvalue weighted by Gasteiger charge is 2.51. The van der Waals surface area contributed by atoms with Crippen LogP contribution in [0.2, 0.25) is 0 Å². The second kappa shape index (κ2) is 5.79. The van der Waals surface area contributed by atoms with Crippen LogP contribution in [0.3, 0.4) is 0 Å². The molecule has 3 fully saturated rings. The van der Waals surface area contributed by atoms with Crippen molar-refractivity contribution in [3.8, 4) is 0 Å². The zero-order chi connectivity index (χ0) is 15.1. The van der Waals surface area contributed by atoms with E-state index in [1.165, 1.54) is 5.69 Å². The van der Waals surface area contributed by atoms with Crippen LogP contribution in [0.4, 0.5) is 5.69 Å². The average molecular weight is 305 g/mol. The molecule has 6 nitrogen and oxygen atoms in total. The van der Waals surface area contributed by atoms with E-state index in [2.05, 4.69) is 34.1 Å². The van der Waals surface area contributed by atoms with Gasteiger partial charge in [0.15, 0.2) is 6.29 Å². The Kier molecular flexibility index (Phi) is 3.79. The second-order valence-electron chi connectivity index (χ2n) is 6.29. The molecule has 0 amide bonds. The maximum atomic E-state index is 10.5. The van der Waals surface area contributed by atoms with E-state index in [4.69, 9.17) is 15.2 Å². The lowest BCUT2D eigenvalue weighted by Crippen LogP contribution is -2.65. The highest BCUT2D eigenvalue weighted by Crippen LogP contribution is 2.31. The van der Waals surface area contributed by atoms with Crippen molar-refractivity contribution in [2.24, 2.45) is 5.73 Å². The van der Waals surface area contributed by atoms with Gasteiger partial charge in [0, 0.05) is 31.9 Å². The highest BCUT2D eigenvalue weighted by atomic mass is 16.7. The Morgan fingerprint density at radius 1 is 1.09 bits per heavy atom. The first-order chi connectivity index (χ1) is 10.7. The summed E-state index contributed by atoms with van der Waals surface area (Å²) in [7, 11) is 0. The van der Waals surface area contributed by atoms with Gasteiger partial charge in [-0.05, 0) is 12.1 Å². The van der Waals surface area contributed by atoms with Crippen molar-refractivity contribution < 1.29 is 14.6 Å². The fraction of sp³-hybridized carbons (Fsp3) is 0.625. The quantitative estimate of drug-likeness (QED) is 0.776. The molecule has 120 valence electrons. The first kappa shape index (κ1) is 14.4. The van der Waals surface area contributed by atoms with E-state index in [1.54, 1.807) is 0 Å². The number of nitrogens with two attached hydrogens (primary N) is 1. The maximum absolute atomic E-state index is 10.5. The van der Waals surface area contributed by atoms with Crippen LogP contribution in [0.25, 0.3) is 0 Å². The Morgan fingerprint density at radius 2 is 1.82 bits per heavy atom. The van der Waals surface area contributed by atoms with Crippen molar-refractivity contribution in [3.63, 3.8) is 0 Å². The van der Waals surface area contributed by atoms with Crippen LogP contribution < -0.4 is 10.6 Å². The van der Waals surface area contributed by atoms with Crippen molar-refractivity contribution in [1.82, 2.24) is 4.90 Å². The molecule has 6 heteroatoms. The molecule has 0 saturated carbocycles. The standard InChI is InChI=1S/C16H23N3O3/c17-13-12-10-21-16(22-12)14(15(13)20)19-8-6-18(7-9-19)11-4-2-1-3-5-11/h1-5,12-16,20H,6-10,17H2/t12-,13-,14-,15+,16-/m1/s1. The molecule has 3 heterocycles. The predicted octanol–water partition coefficient (Wildman–Crippen LogP) is -0.379. The van der Waals surface area contributed by atoms with Gasteiger partial charge in [-0.15, -0.1) is 0 Å². The molecule has 1 aromatic carbocycles. The number of para-hydroxylation sites is 1. The van der Waals surface area contributed by atoms with Gasteiger partial charge >= 0.3 is 0 Å². The van der Waals surface area contributed by atoms with Gasteiger partial charge in [0.1, 0.15) is 6.10 Å². The van der Waals surface area contributed by atoms with E-state index in [1.807, 2.05) is 6.07 Å². The number of hydrogen-bond donors (Lipinski definition) is 2. The summed E-state index contributed by atoms with van der Waals surface area (Å²) in [4.78, 5) is 4.63. The Hall–Kier alpha value is -1.18. The van der Waals surface area contributed by atoms with Gasteiger partial charge in [-0.2, -0.15) is 0 Å². The minimum Gasteiger partial charge on any atom is -0.390 e. The molecule has 3 N–H and O–H groups in total. The van der Waals surface area contributed by atoms with Gasteiger partial charge in [0.2, 0.25) is 0 Å². The number of hydrogen-bond acceptors (Lipinski definition) is 6. The number of piperazine rings is 1. The number of anilines is 1. The van der Waals surface area contributed by atoms with Gasteiger partial charge in [-0.3, -0.25) is 4.90 Å². The smallest absolute Gasteiger partial charge is 0.176 e. The van der Waals surface area contributed by atoms with Crippen LogP contribution in [-0.2, 0) is 9.47 Å². The van der Waals surface area contributed by atoms with Crippen molar-refractivity contribution in [1.29, 1.82) is 0 Å². The lowest BCUT2D eigenvalue weighted by molar-refractivity contribution is -0.178. The number of rotatable bonds is 2. The molecule has 3 saturated heterocycles.